The van der Waals surface area contributed by atoms with Crippen molar-refractivity contribution in [3.63, 3.8) is 0 Å². The molecular formula is C13H17N3O. The lowest BCUT2D eigenvalue weighted by molar-refractivity contribution is 0.578. The lowest BCUT2D eigenvalue weighted by atomic mass is 10.1. The topological polar surface area (TPSA) is 51.0 Å². The molecule has 4 heteroatoms. The van der Waals surface area contributed by atoms with Crippen LogP contribution in [0.1, 0.15) is 24.5 Å². The molecule has 2 heterocycles. The molecule has 2 rings (SSSR count). The number of hydrogen-bond donors (Lipinski definition) is 1. The van der Waals surface area contributed by atoms with Crippen LogP contribution in [0.3, 0.4) is 0 Å². The Balaban J connectivity index is 2.36. The summed E-state index contributed by atoms with van der Waals surface area (Å²) >= 11 is 0. The highest BCUT2D eigenvalue weighted by molar-refractivity contribution is 5.62. The smallest absolute Gasteiger partial charge is 0.154 e. The van der Waals surface area contributed by atoms with E-state index in [1.54, 1.807) is 6.26 Å². The molecule has 0 aromatic carbocycles. The van der Waals surface area contributed by atoms with Gasteiger partial charge in [0.2, 0.25) is 0 Å². The average molecular weight is 231 g/mol. The zero-order valence-electron chi connectivity index (χ0n) is 10.4. The monoisotopic (exact) mass is 231 g/mol. The first kappa shape index (κ1) is 11.6. The Labute approximate surface area is 101 Å². The first-order valence-electron chi connectivity index (χ1n) is 5.85. The van der Waals surface area contributed by atoms with Crippen molar-refractivity contribution in [1.29, 1.82) is 0 Å². The van der Waals surface area contributed by atoms with Crippen molar-refractivity contribution in [2.75, 3.05) is 11.9 Å². The fourth-order valence-corrected chi connectivity index (χ4v) is 1.66. The van der Waals surface area contributed by atoms with Gasteiger partial charge in [0.05, 0.1) is 6.26 Å². The van der Waals surface area contributed by atoms with Gasteiger partial charge in [-0.25, -0.2) is 0 Å². The van der Waals surface area contributed by atoms with E-state index in [1.165, 1.54) is 0 Å². The first-order chi connectivity index (χ1) is 8.24. The molecule has 4 nitrogen and oxygen atoms in total. The average Bonchev–Trinajstić information content (AvgIpc) is 2.85. The van der Waals surface area contributed by atoms with E-state index < -0.39 is 0 Å². The van der Waals surface area contributed by atoms with E-state index in [4.69, 9.17) is 4.42 Å². The highest BCUT2D eigenvalue weighted by atomic mass is 16.3. The lowest BCUT2D eigenvalue weighted by Crippen LogP contribution is -2.07. The van der Waals surface area contributed by atoms with Gasteiger partial charge in [-0.2, -0.15) is 0 Å². The molecule has 90 valence electrons. The van der Waals surface area contributed by atoms with Gasteiger partial charge in [-0.1, -0.05) is 6.92 Å². The summed E-state index contributed by atoms with van der Waals surface area (Å²) in [6.07, 6.45) is 2.72. The molecule has 0 saturated carbocycles. The van der Waals surface area contributed by atoms with Crippen LogP contribution in [0.15, 0.2) is 22.8 Å². The Morgan fingerprint density at radius 1 is 1.24 bits per heavy atom. The molecule has 0 aliphatic rings. The van der Waals surface area contributed by atoms with Crippen LogP contribution in [0, 0.1) is 13.8 Å². The standard InChI is InChI=1S/C13H17N3O/c1-4-7-14-13-10(3)9(2)12(15-16-13)11-6-5-8-17-11/h5-6,8H,4,7H2,1-3H3,(H,14,16). The summed E-state index contributed by atoms with van der Waals surface area (Å²) in [5.41, 5.74) is 3.04. The van der Waals surface area contributed by atoms with Crippen molar-refractivity contribution in [1.82, 2.24) is 10.2 Å². The quantitative estimate of drug-likeness (QED) is 0.878. The minimum absolute atomic E-state index is 0.764. The van der Waals surface area contributed by atoms with E-state index in [2.05, 4.69) is 29.4 Å². The summed E-state index contributed by atoms with van der Waals surface area (Å²) in [4.78, 5) is 0. The molecular weight excluding hydrogens is 214 g/mol. The van der Waals surface area contributed by atoms with Crippen molar-refractivity contribution in [2.45, 2.75) is 27.2 Å². The van der Waals surface area contributed by atoms with Crippen LogP contribution in [-0.2, 0) is 0 Å². The van der Waals surface area contributed by atoms with E-state index in [0.717, 1.165) is 41.4 Å². The molecule has 17 heavy (non-hydrogen) atoms. The van der Waals surface area contributed by atoms with Gasteiger partial charge in [-0.15, -0.1) is 10.2 Å². The second-order valence-corrected chi connectivity index (χ2v) is 4.05. The van der Waals surface area contributed by atoms with Gasteiger partial charge in [0.25, 0.3) is 0 Å². The summed E-state index contributed by atoms with van der Waals surface area (Å²) < 4.78 is 5.35. The van der Waals surface area contributed by atoms with E-state index in [-0.39, 0.29) is 0 Å². The number of furan rings is 1. The van der Waals surface area contributed by atoms with Gasteiger partial charge >= 0.3 is 0 Å². The second-order valence-electron chi connectivity index (χ2n) is 4.05. The minimum Gasteiger partial charge on any atom is -0.463 e. The molecule has 0 unspecified atom stereocenters. The van der Waals surface area contributed by atoms with Gasteiger partial charge in [-0.05, 0) is 43.5 Å². The molecule has 0 aliphatic carbocycles. The Morgan fingerprint density at radius 3 is 2.71 bits per heavy atom. The van der Waals surface area contributed by atoms with Gasteiger partial charge in [0.1, 0.15) is 5.69 Å². The largest absolute Gasteiger partial charge is 0.463 e. The number of aromatic nitrogens is 2. The highest BCUT2D eigenvalue weighted by Gasteiger charge is 2.12. The third-order valence-electron chi connectivity index (χ3n) is 2.82. The summed E-state index contributed by atoms with van der Waals surface area (Å²) in [5, 5.41) is 11.7. The van der Waals surface area contributed by atoms with Crippen LogP contribution in [0.4, 0.5) is 5.82 Å². The summed E-state index contributed by atoms with van der Waals surface area (Å²) in [6, 6.07) is 3.75. The fraction of sp³-hybridized carbons (Fsp3) is 0.385. The minimum atomic E-state index is 0.764. The number of anilines is 1. The highest BCUT2D eigenvalue weighted by Crippen LogP contribution is 2.25. The van der Waals surface area contributed by atoms with Crippen LogP contribution in [-0.4, -0.2) is 16.7 Å². The molecule has 0 bridgehead atoms. The molecule has 0 spiro atoms. The second kappa shape index (κ2) is 4.99. The summed E-state index contributed by atoms with van der Waals surface area (Å²) in [7, 11) is 0. The lowest BCUT2D eigenvalue weighted by Gasteiger charge is -2.10. The molecule has 0 aliphatic heterocycles. The maximum atomic E-state index is 5.35. The number of hydrogen-bond acceptors (Lipinski definition) is 4. The van der Waals surface area contributed by atoms with Crippen LogP contribution in [0.25, 0.3) is 11.5 Å². The van der Waals surface area contributed by atoms with Crippen molar-refractivity contribution in [3.8, 4) is 11.5 Å². The fourth-order valence-electron chi connectivity index (χ4n) is 1.66. The van der Waals surface area contributed by atoms with Crippen LogP contribution in [0.2, 0.25) is 0 Å². The number of nitrogens with zero attached hydrogens (tertiary/aromatic N) is 2. The first-order valence-corrected chi connectivity index (χ1v) is 5.85. The molecule has 0 fully saturated rings. The Hall–Kier alpha value is -1.84. The van der Waals surface area contributed by atoms with Gasteiger partial charge < -0.3 is 9.73 Å². The SMILES string of the molecule is CCCNc1nnc(-c2ccco2)c(C)c1C. The summed E-state index contributed by atoms with van der Waals surface area (Å²) in [6.45, 7) is 7.13. The van der Waals surface area contributed by atoms with E-state index in [0.29, 0.717) is 0 Å². The Morgan fingerprint density at radius 2 is 2.06 bits per heavy atom. The number of rotatable bonds is 4. The van der Waals surface area contributed by atoms with E-state index in [9.17, 15) is 0 Å². The zero-order chi connectivity index (χ0) is 12.3. The molecule has 2 aromatic rings. The van der Waals surface area contributed by atoms with E-state index in [1.807, 2.05) is 19.1 Å². The van der Waals surface area contributed by atoms with Gasteiger partial charge in [0, 0.05) is 6.54 Å². The van der Waals surface area contributed by atoms with Crippen molar-refractivity contribution in [2.24, 2.45) is 0 Å². The summed E-state index contributed by atoms with van der Waals surface area (Å²) in [5.74, 6) is 1.62. The van der Waals surface area contributed by atoms with Gasteiger partial charge in [0.15, 0.2) is 11.6 Å². The van der Waals surface area contributed by atoms with E-state index >= 15 is 0 Å². The molecule has 0 amide bonds. The third kappa shape index (κ3) is 2.30. The number of nitrogens with one attached hydrogen (secondary N) is 1. The Bertz CT molecular complexity index is 492. The van der Waals surface area contributed by atoms with Crippen molar-refractivity contribution < 1.29 is 4.42 Å². The molecule has 0 atom stereocenters. The Kier molecular flexibility index (Phi) is 3.42. The molecule has 1 N–H and O–H groups in total. The maximum absolute atomic E-state index is 5.35. The maximum Gasteiger partial charge on any atom is 0.154 e. The third-order valence-corrected chi connectivity index (χ3v) is 2.82. The van der Waals surface area contributed by atoms with Gasteiger partial charge in [-0.3, -0.25) is 0 Å². The molecule has 0 saturated heterocycles. The molecule has 0 radical (unpaired) electrons. The predicted molar refractivity (Wildman–Crippen MR) is 68.0 cm³/mol. The van der Waals surface area contributed by atoms with Crippen LogP contribution < -0.4 is 5.32 Å². The molecule has 2 aromatic heterocycles. The zero-order valence-corrected chi connectivity index (χ0v) is 10.4. The van der Waals surface area contributed by atoms with Crippen molar-refractivity contribution >= 4 is 5.82 Å². The van der Waals surface area contributed by atoms with Crippen molar-refractivity contribution in [3.05, 3.63) is 29.5 Å². The normalized spacial score (nSPS) is 10.5. The van der Waals surface area contributed by atoms with Crippen LogP contribution >= 0.6 is 0 Å². The predicted octanol–water partition coefficient (Wildman–Crippen LogP) is 3.18. The van der Waals surface area contributed by atoms with Crippen LogP contribution in [0.5, 0.6) is 0 Å².